The maximum atomic E-state index is 12.7. The number of nitrogens with one attached hydrogen (secondary N) is 2. The predicted molar refractivity (Wildman–Crippen MR) is 95.4 cm³/mol. The van der Waals surface area contributed by atoms with Crippen LogP contribution in [0.4, 0.5) is 23.7 Å². The molecule has 0 aliphatic carbocycles. The average molecular weight is 382 g/mol. The number of alkyl halides is 3. The lowest BCUT2D eigenvalue weighted by Gasteiger charge is -2.19. The van der Waals surface area contributed by atoms with Crippen LogP contribution in [0, 0.1) is 6.92 Å². The van der Waals surface area contributed by atoms with Crippen molar-refractivity contribution >= 4 is 11.7 Å². The van der Waals surface area contributed by atoms with Crippen molar-refractivity contribution in [3.63, 3.8) is 0 Å². The second-order valence-corrected chi connectivity index (χ2v) is 5.91. The van der Waals surface area contributed by atoms with Gasteiger partial charge in [-0.2, -0.15) is 13.2 Å². The van der Waals surface area contributed by atoms with E-state index in [4.69, 9.17) is 9.84 Å². The molecule has 2 amide bonds. The van der Waals surface area contributed by atoms with Gasteiger partial charge >= 0.3 is 12.2 Å². The normalized spacial score (nSPS) is 12.5. The van der Waals surface area contributed by atoms with Crippen LogP contribution in [0.1, 0.15) is 22.8 Å². The van der Waals surface area contributed by atoms with Crippen molar-refractivity contribution in [1.82, 2.24) is 5.32 Å². The first-order valence-electron chi connectivity index (χ1n) is 8.30. The molecule has 0 heterocycles. The van der Waals surface area contributed by atoms with Gasteiger partial charge in [0, 0.05) is 12.2 Å². The summed E-state index contributed by atoms with van der Waals surface area (Å²) in [6, 6.07) is 11.2. The largest absolute Gasteiger partial charge is 0.416 e. The minimum atomic E-state index is -4.48. The molecule has 0 fully saturated rings. The van der Waals surface area contributed by atoms with Crippen LogP contribution in [0.15, 0.2) is 48.5 Å². The smallest absolute Gasteiger partial charge is 0.394 e. The quantitative estimate of drug-likeness (QED) is 0.681. The topological polar surface area (TPSA) is 70.6 Å². The summed E-state index contributed by atoms with van der Waals surface area (Å²) in [5.74, 6) is 0. The van der Waals surface area contributed by atoms with Gasteiger partial charge in [-0.05, 0) is 30.7 Å². The lowest BCUT2D eigenvalue weighted by atomic mass is 10.1. The van der Waals surface area contributed by atoms with E-state index in [1.807, 2.05) is 31.2 Å². The number of halogens is 3. The molecule has 1 atom stereocenters. The molecular weight excluding hydrogens is 361 g/mol. The number of amides is 2. The molecule has 0 unspecified atom stereocenters. The molecule has 27 heavy (non-hydrogen) atoms. The molecule has 5 nitrogen and oxygen atoms in total. The van der Waals surface area contributed by atoms with Gasteiger partial charge in [-0.1, -0.05) is 35.9 Å². The van der Waals surface area contributed by atoms with E-state index in [0.717, 1.165) is 23.3 Å². The van der Waals surface area contributed by atoms with Crippen molar-refractivity contribution in [2.24, 2.45) is 0 Å². The number of aliphatic hydroxyl groups is 1. The number of anilines is 1. The zero-order valence-electron chi connectivity index (χ0n) is 14.7. The molecule has 0 aliphatic rings. The van der Waals surface area contributed by atoms with Gasteiger partial charge in [-0.25, -0.2) is 4.79 Å². The Kier molecular flexibility index (Phi) is 7.20. The van der Waals surface area contributed by atoms with Gasteiger partial charge in [-0.15, -0.1) is 0 Å². The Morgan fingerprint density at radius 3 is 2.52 bits per heavy atom. The van der Waals surface area contributed by atoms with E-state index >= 15 is 0 Å². The van der Waals surface area contributed by atoms with Crippen LogP contribution < -0.4 is 10.6 Å². The molecule has 2 aromatic rings. The fourth-order valence-electron chi connectivity index (χ4n) is 2.38. The molecule has 0 saturated heterocycles. The fraction of sp³-hybridized carbons (Fsp3) is 0.316. The Bertz CT molecular complexity index is 749. The van der Waals surface area contributed by atoms with E-state index in [9.17, 15) is 18.0 Å². The molecule has 8 heteroatoms. The molecule has 0 spiro atoms. The van der Waals surface area contributed by atoms with E-state index in [1.165, 1.54) is 12.1 Å². The summed E-state index contributed by atoms with van der Waals surface area (Å²) in [7, 11) is 0. The minimum absolute atomic E-state index is 0.0329. The van der Waals surface area contributed by atoms with E-state index in [0.29, 0.717) is 0 Å². The first kappa shape index (κ1) is 20.7. The van der Waals surface area contributed by atoms with E-state index < -0.39 is 23.9 Å². The number of hydrogen-bond donors (Lipinski definition) is 3. The third kappa shape index (κ3) is 6.58. The van der Waals surface area contributed by atoms with Gasteiger partial charge in [0.2, 0.25) is 0 Å². The van der Waals surface area contributed by atoms with Crippen molar-refractivity contribution in [3.8, 4) is 0 Å². The number of carbonyl (C=O) groups is 1. The summed E-state index contributed by atoms with van der Waals surface area (Å²) in [5.41, 5.74) is 1.07. The van der Waals surface area contributed by atoms with Crippen LogP contribution in [-0.2, 0) is 10.9 Å². The highest BCUT2D eigenvalue weighted by atomic mass is 19.4. The number of benzene rings is 2. The van der Waals surface area contributed by atoms with Gasteiger partial charge in [0.1, 0.15) is 0 Å². The van der Waals surface area contributed by atoms with Crippen molar-refractivity contribution in [3.05, 3.63) is 65.2 Å². The fourth-order valence-corrected chi connectivity index (χ4v) is 2.38. The molecular formula is C19H21F3N2O3. The summed E-state index contributed by atoms with van der Waals surface area (Å²) in [6.45, 7) is 1.95. The number of aryl methyl sites for hydroxylation is 1. The van der Waals surface area contributed by atoms with Crippen molar-refractivity contribution < 1.29 is 27.8 Å². The Balaban J connectivity index is 1.98. The van der Waals surface area contributed by atoms with Gasteiger partial charge in [-0.3, -0.25) is 0 Å². The first-order valence-corrected chi connectivity index (χ1v) is 8.30. The summed E-state index contributed by atoms with van der Waals surface area (Å²) in [4.78, 5) is 12.0. The highest BCUT2D eigenvalue weighted by Gasteiger charge is 2.30. The van der Waals surface area contributed by atoms with Crippen molar-refractivity contribution in [2.75, 3.05) is 25.1 Å². The van der Waals surface area contributed by atoms with Crippen LogP contribution >= 0.6 is 0 Å². The number of carbonyl (C=O) groups excluding carboxylic acids is 1. The summed E-state index contributed by atoms with van der Waals surface area (Å²) in [6.07, 6.45) is -4.98. The van der Waals surface area contributed by atoms with Crippen LogP contribution in [-0.4, -0.2) is 30.9 Å². The highest BCUT2D eigenvalue weighted by molar-refractivity contribution is 5.89. The van der Waals surface area contributed by atoms with Crippen LogP contribution in [0.25, 0.3) is 0 Å². The van der Waals surface area contributed by atoms with Crippen molar-refractivity contribution in [2.45, 2.75) is 19.2 Å². The lowest BCUT2D eigenvalue weighted by Crippen LogP contribution is -2.33. The summed E-state index contributed by atoms with van der Waals surface area (Å²) in [5, 5.41) is 13.9. The number of hydrogen-bond acceptors (Lipinski definition) is 3. The molecule has 146 valence electrons. The summed E-state index contributed by atoms with van der Waals surface area (Å²) >= 11 is 0. The van der Waals surface area contributed by atoms with Crippen LogP contribution in [0.5, 0.6) is 0 Å². The molecule has 0 bridgehead atoms. The summed E-state index contributed by atoms with van der Waals surface area (Å²) < 4.78 is 43.7. The zero-order valence-corrected chi connectivity index (χ0v) is 14.7. The number of ether oxygens (including phenoxy) is 1. The Hall–Kier alpha value is -2.58. The SMILES string of the molecule is Cc1ccc([C@H](CNC(=O)Nc2cccc(C(F)(F)F)c2)OCCO)cc1. The minimum Gasteiger partial charge on any atom is -0.394 e. The molecule has 2 rings (SSSR count). The Morgan fingerprint density at radius 2 is 1.89 bits per heavy atom. The lowest BCUT2D eigenvalue weighted by molar-refractivity contribution is -0.137. The number of urea groups is 1. The molecule has 0 aromatic heterocycles. The van der Waals surface area contributed by atoms with E-state index in [2.05, 4.69) is 10.6 Å². The second-order valence-electron chi connectivity index (χ2n) is 5.91. The molecule has 3 N–H and O–H groups in total. The van der Waals surface area contributed by atoms with Gasteiger partial charge in [0.25, 0.3) is 0 Å². The average Bonchev–Trinajstić information content (AvgIpc) is 2.62. The maximum Gasteiger partial charge on any atom is 0.416 e. The van der Waals surface area contributed by atoms with E-state index in [1.54, 1.807) is 0 Å². The zero-order chi connectivity index (χ0) is 19.9. The molecule has 2 aromatic carbocycles. The second kappa shape index (κ2) is 9.38. The van der Waals surface area contributed by atoms with Gasteiger partial charge in [0.15, 0.2) is 0 Å². The Morgan fingerprint density at radius 1 is 1.19 bits per heavy atom. The van der Waals surface area contributed by atoms with E-state index in [-0.39, 0.29) is 25.4 Å². The molecule has 0 saturated carbocycles. The number of rotatable bonds is 7. The maximum absolute atomic E-state index is 12.7. The number of aliphatic hydroxyl groups excluding tert-OH is 1. The monoisotopic (exact) mass is 382 g/mol. The van der Waals surface area contributed by atoms with Crippen molar-refractivity contribution in [1.29, 1.82) is 0 Å². The third-order valence-corrected chi connectivity index (χ3v) is 3.76. The Labute approximate surface area is 155 Å². The molecule has 0 radical (unpaired) electrons. The van der Waals surface area contributed by atoms with Crippen LogP contribution in [0.2, 0.25) is 0 Å². The van der Waals surface area contributed by atoms with Crippen LogP contribution in [0.3, 0.4) is 0 Å². The predicted octanol–water partition coefficient (Wildman–Crippen LogP) is 3.89. The third-order valence-electron chi connectivity index (χ3n) is 3.76. The van der Waals surface area contributed by atoms with Gasteiger partial charge in [0.05, 0.1) is 24.9 Å². The highest BCUT2D eigenvalue weighted by Crippen LogP contribution is 2.30. The van der Waals surface area contributed by atoms with Gasteiger partial charge < -0.3 is 20.5 Å². The first-order chi connectivity index (χ1) is 12.8. The standard InChI is InChI=1S/C19H21F3N2O3/c1-13-5-7-14(8-6-13)17(27-10-9-25)12-23-18(26)24-16-4-2-3-15(11-16)19(20,21)22/h2-8,11,17,25H,9-10,12H2,1H3,(H2,23,24,26)/t17-/m0/s1. The molecule has 0 aliphatic heterocycles.